The van der Waals surface area contributed by atoms with E-state index < -0.39 is 0 Å². The molecule has 1 aromatic rings. The molecule has 110 valence electrons. The molecule has 0 amide bonds. The molecule has 1 unspecified atom stereocenters. The fourth-order valence-corrected chi connectivity index (χ4v) is 2.90. The molecule has 1 atom stereocenters. The van der Waals surface area contributed by atoms with Crippen molar-refractivity contribution in [2.45, 2.75) is 51.2 Å². The molecule has 1 heterocycles. The van der Waals surface area contributed by atoms with Crippen LogP contribution in [0.15, 0.2) is 24.3 Å². The molecule has 3 nitrogen and oxygen atoms in total. The highest BCUT2D eigenvalue weighted by Gasteiger charge is 2.20. The Kier molecular flexibility index (Phi) is 4.58. The summed E-state index contributed by atoms with van der Waals surface area (Å²) in [6.45, 7) is 6.35. The number of nitrogens with zero attached hydrogens (tertiary/aromatic N) is 1. The summed E-state index contributed by atoms with van der Waals surface area (Å²) < 4.78 is 5.91. The molecular formula is C17H26N2O. The molecule has 2 fully saturated rings. The van der Waals surface area contributed by atoms with Crippen LogP contribution in [-0.4, -0.2) is 36.7 Å². The van der Waals surface area contributed by atoms with Gasteiger partial charge in [-0.15, -0.1) is 0 Å². The Hall–Kier alpha value is -1.06. The maximum Gasteiger partial charge on any atom is 0.119 e. The molecular weight excluding hydrogens is 248 g/mol. The molecule has 1 aliphatic heterocycles. The predicted octanol–water partition coefficient (Wildman–Crippen LogP) is 2.80. The Bertz CT molecular complexity index is 431. The molecule has 1 aliphatic carbocycles. The zero-order valence-corrected chi connectivity index (χ0v) is 12.5. The minimum absolute atomic E-state index is 0.729. The van der Waals surface area contributed by atoms with E-state index in [9.17, 15) is 0 Å². The van der Waals surface area contributed by atoms with Crippen LogP contribution in [0.1, 0.15) is 38.2 Å². The van der Waals surface area contributed by atoms with Crippen molar-refractivity contribution in [3.05, 3.63) is 29.8 Å². The third kappa shape index (κ3) is 3.97. The van der Waals surface area contributed by atoms with Gasteiger partial charge in [0.1, 0.15) is 12.4 Å². The predicted molar refractivity (Wildman–Crippen MR) is 82.1 cm³/mol. The zero-order valence-electron chi connectivity index (χ0n) is 12.5. The number of ether oxygens (including phenoxy) is 1. The third-order valence-electron chi connectivity index (χ3n) is 4.41. The SMILES string of the molecule is CC1CCCN1CCOc1cccc(CNC2CC2)c1. The molecule has 1 N–H and O–H groups in total. The van der Waals surface area contributed by atoms with Crippen molar-refractivity contribution in [2.24, 2.45) is 0 Å². The molecule has 1 aromatic carbocycles. The highest BCUT2D eigenvalue weighted by molar-refractivity contribution is 5.28. The Morgan fingerprint density at radius 2 is 2.20 bits per heavy atom. The second-order valence-corrected chi connectivity index (χ2v) is 6.18. The van der Waals surface area contributed by atoms with E-state index in [2.05, 4.69) is 41.4 Å². The standard InChI is InChI=1S/C17H26N2O/c1-14-4-3-9-19(14)10-11-20-17-6-2-5-15(12-17)13-18-16-7-8-16/h2,5-6,12,14,16,18H,3-4,7-11,13H2,1H3. The molecule has 1 saturated heterocycles. The van der Waals surface area contributed by atoms with Gasteiger partial charge in [-0.25, -0.2) is 0 Å². The van der Waals surface area contributed by atoms with Gasteiger partial charge in [0.25, 0.3) is 0 Å². The number of likely N-dealkylation sites (tertiary alicyclic amines) is 1. The van der Waals surface area contributed by atoms with Crippen molar-refractivity contribution in [1.29, 1.82) is 0 Å². The lowest BCUT2D eigenvalue weighted by Crippen LogP contribution is -2.31. The maximum absolute atomic E-state index is 5.91. The van der Waals surface area contributed by atoms with Gasteiger partial charge >= 0.3 is 0 Å². The Labute approximate surface area is 122 Å². The van der Waals surface area contributed by atoms with E-state index in [-0.39, 0.29) is 0 Å². The highest BCUT2D eigenvalue weighted by atomic mass is 16.5. The Balaban J connectivity index is 1.43. The maximum atomic E-state index is 5.91. The third-order valence-corrected chi connectivity index (χ3v) is 4.41. The molecule has 0 radical (unpaired) electrons. The van der Waals surface area contributed by atoms with Crippen LogP contribution in [0.25, 0.3) is 0 Å². The van der Waals surface area contributed by atoms with Crippen LogP contribution < -0.4 is 10.1 Å². The quantitative estimate of drug-likeness (QED) is 0.827. The summed E-state index contributed by atoms with van der Waals surface area (Å²) in [6.07, 6.45) is 5.35. The molecule has 1 saturated carbocycles. The molecule has 3 rings (SSSR count). The number of benzene rings is 1. The second-order valence-electron chi connectivity index (χ2n) is 6.18. The number of hydrogen-bond donors (Lipinski definition) is 1. The average Bonchev–Trinajstić information content (AvgIpc) is 3.20. The van der Waals surface area contributed by atoms with Crippen LogP contribution in [-0.2, 0) is 6.54 Å². The lowest BCUT2D eigenvalue weighted by Gasteiger charge is -2.20. The summed E-state index contributed by atoms with van der Waals surface area (Å²) in [6, 6.07) is 9.99. The first-order valence-electron chi connectivity index (χ1n) is 8.00. The first kappa shape index (κ1) is 13.9. The van der Waals surface area contributed by atoms with Crippen LogP contribution >= 0.6 is 0 Å². The van der Waals surface area contributed by atoms with Crippen LogP contribution in [0.4, 0.5) is 0 Å². The fourth-order valence-electron chi connectivity index (χ4n) is 2.90. The van der Waals surface area contributed by atoms with Gasteiger partial charge in [0.05, 0.1) is 0 Å². The van der Waals surface area contributed by atoms with Crippen LogP contribution in [0, 0.1) is 0 Å². The van der Waals surface area contributed by atoms with E-state index in [0.29, 0.717) is 0 Å². The lowest BCUT2D eigenvalue weighted by atomic mass is 10.2. The van der Waals surface area contributed by atoms with E-state index in [0.717, 1.165) is 37.5 Å². The van der Waals surface area contributed by atoms with E-state index in [1.807, 2.05) is 0 Å². The van der Waals surface area contributed by atoms with E-state index in [4.69, 9.17) is 4.74 Å². The second kappa shape index (κ2) is 6.59. The minimum atomic E-state index is 0.729. The van der Waals surface area contributed by atoms with E-state index in [1.165, 1.54) is 37.8 Å². The summed E-state index contributed by atoms with van der Waals surface area (Å²) in [7, 11) is 0. The van der Waals surface area contributed by atoms with Gasteiger partial charge in [-0.05, 0) is 56.8 Å². The molecule has 0 bridgehead atoms. The number of nitrogens with one attached hydrogen (secondary N) is 1. The molecule has 3 heteroatoms. The summed E-state index contributed by atoms with van der Waals surface area (Å²) >= 11 is 0. The van der Waals surface area contributed by atoms with Crippen molar-refractivity contribution in [3.63, 3.8) is 0 Å². The first-order valence-corrected chi connectivity index (χ1v) is 8.00. The molecule has 20 heavy (non-hydrogen) atoms. The first-order chi connectivity index (χ1) is 9.81. The minimum Gasteiger partial charge on any atom is -0.492 e. The van der Waals surface area contributed by atoms with Gasteiger partial charge in [0, 0.05) is 25.2 Å². The zero-order chi connectivity index (χ0) is 13.8. The number of hydrogen-bond acceptors (Lipinski definition) is 3. The van der Waals surface area contributed by atoms with Gasteiger partial charge in [0.2, 0.25) is 0 Å². The van der Waals surface area contributed by atoms with Gasteiger partial charge in [0.15, 0.2) is 0 Å². The largest absolute Gasteiger partial charge is 0.492 e. The average molecular weight is 274 g/mol. The number of rotatable bonds is 7. The van der Waals surface area contributed by atoms with Gasteiger partial charge in [-0.1, -0.05) is 12.1 Å². The highest BCUT2D eigenvalue weighted by Crippen LogP contribution is 2.20. The van der Waals surface area contributed by atoms with Crippen LogP contribution in [0.3, 0.4) is 0 Å². The normalized spacial score (nSPS) is 23.1. The topological polar surface area (TPSA) is 24.5 Å². The van der Waals surface area contributed by atoms with E-state index in [1.54, 1.807) is 0 Å². The van der Waals surface area contributed by atoms with Crippen molar-refractivity contribution in [1.82, 2.24) is 10.2 Å². The molecule has 2 aliphatic rings. The van der Waals surface area contributed by atoms with Gasteiger partial charge in [-0.3, -0.25) is 4.90 Å². The lowest BCUT2D eigenvalue weighted by molar-refractivity contribution is 0.204. The van der Waals surface area contributed by atoms with Crippen molar-refractivity contribution in [2.75, 3.05) is 19.7 Å². The fraction of sp³-hybridized carbons (Fsp3) is 0.647. The summed E-state index contributed by atoms with van der Waals surface area (Å²) in [5, 5.41) is 3.54. The van der Waals surface area contributed by atoms with Gasteiger partial charge in [-0.2, -0.15) is 0 Å². The van der Waals surface area contributed by atoms with Gasteiger partial charge < -0.3 is 10.1 Å². The monoisotopic (exact) mass is 274 g/mol. The van der Waals surface area contributed by atoms with Crippen LogP contribution in [0.2, 0.25) is 0 Å². The Morgan fingerprint density at radius 3 is 2.95 bits per heavy atom. The summed E-state index contributed by atoms with van der Waals surface area (Å²) in [5.41, 5.74) is 1.32. The van der Waals surface area contributed by atoms with Crippen LogP contribution in [0.5, 0.6) is 5.75 Å². The Morgan fingerprint density at radius 1 is 1.30 bits per heavy atom. The van der Waals surface area contributed by atoms with Crippen molar-refractivity contribution in [3.8, 4) is 5.75 Å². The van der Waals surface area contributed by atoms with Crippen molar-refractivity contribution < 1.29 is 4.74 Å². The van der Waals surface area contributed by atoms with Crippen molar-refractivity contribution >= 4 is 0 Å². The molecule has 0 spiro atoms. The smallest absolute Gasteiger partial charge is 0.119 e. The summed E-state index contributed by atoms with van der Waals surface area (Å²) in [5.74, 6) is 1.01. The van der Waals surface area contributed by atoms with E-state index >= 15 is 0 Å². The summed E-state index contributed by atoms with van der Waals surface area (Å²) in [4.78, 5) is 2.53. The molecule has 0 aromatic heterocycles.